The maximum absolute atomic E-state index is 9.60. The van der Waals surface area contributed by atoms with Crippen LogP contribution in [0.1, 0.15) is 12.5 Å². The van der Waals surface area contributed by atoms with Gasteiger partial charge in [0.25, 0.3) is 0 Å². The van der Waals surface area contributed by atoms with E-state index in [1.54, 1.807) is 0 Å². The number of carbonyl (C=O) groups is 3. The zero-order chi connectivity index (χ0) is 17.5. The number of hydrogen-bond donors (Lipinski definition) is 3. The standard InChI is InChI=1S/C8H8.C4H4O4.C4H6O2/c1-2-8-6-4-3-5-7-8;5-3(6)1-2-4(7)8;1-3(2)4(5)6/h2-7H,1H2;1-2H,(H,5,6)(H,7,8);1H2,2H3,(H,5,6)/b;2-1-;. The summed E-state index contributed by atoms with van der Waals surface area (Å²) in [4.78, 5) is 28.7. The maximum Gasteiger partial charge on any atom is 0.330 e. The van der Waals surface area contributed by atoms with E-state index in [1.807, 2.05) is 36.4 Å². The molecule has 6 nitrogen and oxygen atoms in total. The van der Waals surface area contributed by atoms with Crippen molar-refractivity contribution < 1.29 is 29.7 Å². The van der Waals surface area contributed by atoms with E-state index in [0.29, 0.717) is 12.2 Å². The van der Waals surface area contributed by atoms with Crippen LogP contribution in [0.2, 0.25) is 0 Å². The van der Waals surface area contributed by atoms with Crippen molar-refractivity contribution in [3.05, 3.63) is 66.8 Å². The second-order valence-electron chi connectivity index (χ2n) is 3.71. The van der Waals surface area contributed by atoms with E-state index in [-0.39, 0.29) is 5.57 Å². The molecule has 0 aromatic heterocycles. The van der Waals surface area contributed by atoms with Crippen LogP contribution in [-0.4, -0.2) is 33.2 Å². The molecule has 0 spiro atoms. The van der Waals surface area contributed by atoms with Gasteiger partial charge in [0.2, 0.25) is 0 Å². The van der Waals surface area contributed by atoms with Crippen LogP contribution in [0.15, 0.2) is 61.2 Å². The summed E-state index contributed by atoms with van der Waals surface area (Å²) in [5.74, 6) is -3.45. The van der Waals surface area contributed by atoms with Gasteiger partial charge in [-0.25, -0.2) is 14.4 Å². The van der Waals surface area contributed by atoms with Crippen LogP contribution >= 0.6 is 0 Å². The topological polar surface area (TPSA) is 112 Å². The molecule has 6 heteroatoms. The molecule has 118 valence electrons. The molecule has 1 aromatic rings. The summed E-state index contributed by atoms with van der Waals surface area (Å²) in [6.45, 7) is 8.23. The Morgan fingerprint density at radius 1 is 0.955 bits per heavy atom. The van der Waals surface area contributed by atoms with Gasteiger partial charge in [0, 0.05) is 17.7 Å². The quantitative estimate of drug-likeness (QED) is 0.737. The molecule has 1 rings (SSSR count). The number of hydrogen-bond acceptors (Lipinski definition) is 3. The number of aliphatic carboxylic acids is 3. The molecule has 0 unspecified atom stereocenters. The summed E-state index contributed by atoms with van der Waals surface area (Å²) in [6.07, 6.45) is 2.95. The van der Waals surface area contributed by atoms with Crippen molar-refractivity contribution >= 4 is 24.0 Å². The second-order valence-corrected chi connectivity index (χ2v) is 3.71. The summed E-state index contributed by atoms with van der Waals surface area (Å²) in [5, 5.41) is 23.5. The van der Waals surface area contributed by atoms with Crippen molar-refractivity contribution in [3.63, 3.8) is 0 Å². The minimum Gasteiger partial charge on any atom is -0.478 e. The third-order valence-corrected chi connectivity index (χ3v) is 1.77. The maximum atomic E-state index is 9.60. The molecular weight excluding hydrogens is 288 g/mol. The highest BCUT2D eigenvalue weighted by Crippen LogP contribution is 1.97. The van der Waals surface area contributed by atoms with E-state index in [9.17, 15) is 14.4 Å². The summed E-state index contributed by atoms with van der Waals surface area (Å²) in [5.41, 5.74) is 1.35. The van der Waals surface area contributed by atoms with E-state index < -0.39 is 17.9 Å². The zero-order valence-corrected chi connectivity index (χ0v) is 12.1. The number of benzene rings is 1. The third kappa shape index (κ3) is 16.9. The summed E-state index contributed by atoms with van der Waals surface area (Å²) in [6, 6.07) is 10.0. The normalized spacial score (nSPS) is 8.59. The molecule has 0 amide bonds. The fourth-order valence-corrected chi connectivity index (χ4v) is 0.732. The average Bonchev–Trinajstić information content (AvgIpc) is 2.47. The van der Waals surface area contributed by atoms with Gasteiger partial charge in [-0.1, -0.05) is 49.6 Å². The van der Waals surface area contributed by atoms with E-state index in [0.717, 1.165) is 0 Å². The first-order valence-electron chi connectivity index (χ1n) is 5.91. The van der Waals surface area contributed by atoms with Crippen molar-refractivity contribution in [2.45, 2.75) is 6.92 Å². The molecule has 0 atom stereocenters. The highest BCUT2D eigenvalue weighted by atomic mass is 16.4. The van der Waals surface area contributed by atoms with Gasteiger partial charge in [-0.2, -0.15) is 0 Å². The van der Waals surface area contributed by atoms with Crippen LogP contribution in [0.4, 0.5) is 0 Å². The van der Waals surface area contributed by atoms with Gasteiger partial charge in [0.15, 0.2) is 0 Å². The smallest absolute Gasteiger partial charge is 0.330 e. The van der Waals surface area contributed by atoms with Crippen LogP contribution < -0.4 is 0 Å². The first-order chi connectivity index (χ1) is 10.2. The number of carboxylic acid groups (broad SMARTS) is 3. The van der Waals surface area contributed by atoms with Crippen LogP contribution in [0.25, 0.3) is 6.08 Å². The molecule has 0 heterocycles. The van der Waals surface area contributed by atoms with E-state index >= 15 is 0 Å². The Bertz CT molecular complexity index is 515. The highest BCUT2D eigenvalue weighted by molar-refractivity contribution is 5.89. The lowest BCUT2D eigenvalue weighted by atomic mass is 10.2. The third-order valence-electron chi connectivity index (χ3n) is 1.77. The van der Waals surface area contributed by atoms with Gasteiger partial charge in [0.05, 0.1) is 0 Å². The fraction of sp³-hybridized carbons (Fsp3) is 0.0625. The minimum atomic E-state index is -1.26. The van der Waals surface area contributed by atoms with Gasteiger partial charge < -0.3 is 15.3 Å². The molecule has 0 aliphatic heterocycles. The molecule has 3 N–H and O–H groups in total. The Hall–Kier alpha value is -3.15. The summed E-state index contributed by atoms with van der Waals surface area (Å²) < 4.78 is 0. The lowest BCUT2D eigenvalue weighted by molar-refractivity contribution is -0.134. The van der Waals surface area contributed by atoms with Crippen molar-refractivity contribution in [1.29, 1.82) is 0 Å². The average molecular weight is 306 g/mol. The van der Waals surface area contributed by atoms with Crippen molar-refractivity contribution in [1.82, 2.24) is 0 Å². The minimum absolute atomic E-state index is 0.176. The largest absolute Gasteiger partial charge is 0.478 e. The molecule has 0 bridgehead atoms. The molecule has 0 aliphatic carbocycles. The molecule has 0 fully saturated rings. The first kappa shape index (κ1) is 21.2. The van der Waals surface area contributed by atoms with Crippen LogP contribution in [0, 0.1) is 0 Å². The molecule has 0 saturated heterocycles. The second kappa shape index (κ2) is 12.9. The Balaban J connectivity index is 0. The van der Waals surface area contributed by atoms with Gasteiger partial charge >= 0.3 is 17.9 Å². The van der Waals surface area contributed by atoms with Gasteiger partial charge in [-0.3, -0.25) is 0 Å². The van der Waals surface area contributed by atoms with Crippen LogP contribution in [0.5, 0.6) is 0 Å². The van der Waals surface area contributed by atoms with Crippen molar-refractivity contribution in [3.8, 4) is 0 Å². The first-order valence-corrected chi connectivity index (χ1v) is 5.91. The summed E-state index contributed by atoms with van der Waals surface area (Å²) >= 11 is 0. The molecule has 22 heavy (non-hydrogen) atoms. The summed E-state index contributed by atoms with van der Waals surface area (Å²) in [7, 11) is 0. The Labute approximate surface area is 128 Å². The van der Waals surface area contributed by atoms with Crippen molar-refractivity contribution in [2.24, 2.45) is 0 Å². The number of rotatable bonds is 4. The van der Waals surface area contributed by atoms with Crippen LogP contribution in [0.3, 0.4) is 0 Å². The SMILES string of the molecule is C=C(C)C(=O)O.C=Cc1ccccc1.O=C(O)/C=C\C(=O)O. The zero-order valence-electron chi connectivity index (χ0n) is 12.1. The molecule has 0 radical (unpaired) electrons. The van der Waals surface area contributed by atoms with Crippen LogP contribution in [-0.2, 0) is 14.4 Å². The number of carboxylic acids is 3. The molecular formula is C16H18O6. The Morgan fingerprint density at radius 2 is 1.32 bits per heavy atom. The van der Waals surface area contributed by atoms with Gasteiger partial charge in [-0.05, 0) is 12.5 Å². The molecule has 1 aromatic carbocycles. The van der Waals surface area contributed by atoms with Crippen molar-refractivity contribution in [2.75, 3.05) is 0 Å². The van der Waals surface area contributed by atoms with E-state index in [4.69, 9.17) is 15.3 Å². The predicted octanol–water partition coefficient (Wildman–Crippen LogP) is 2.69. The monoisotopic (exact) mass is 306 g/mol. The molecule has 0 saturated carbocycles. The Morgan fingerprint density at radius 3 is 1.50 bits per heavy atom. The van der Waals surface area contributed by atoms with Gasteiger partial charge in [-0.15, -0.1) is 0 Å². The van der Waals surface area contributed by atoms with Gasteiger partial charge in [0.1, 0.15) is 0 Å². The highest BCUT2D eigenvalue weighted by Gasteiger charge is 1.90. The van der Waals surface area contributed by atoms with E-state index in [2.05, 4.69) is 13.2 Å². The fourth-order valence-electron chi connectivity index (χ4n) is 0.732. The predicted molar refractivity (Wildman–Crippen MR) is 83.4 cm³/mol. The molecule has 0 aliphatic rings. The lowest BCUT2D eigenvalue weighted by Gasteiger charge is -1.85. The Kier molecular flexibility index (Phi) is 12.4. The lowest BCUT2D eigenvalue weighted by Crippen LogP contribution is -1.92. The van der Waals surface area contributed by atoms with E-state index in [1.165, 1.54) is 12.5 Å².